The largest absolute Gasteiger partial charge is 0.383 e. The summed E-state index contributed by atoms with van der Waals surface area (Å²) < 4.78 is 10.9. The Bertz CT molecular complexity index is 600. The van der Waals surface area contributed by atoms with E-state index in [1.165, 1.54) is 0 Å². The minimum Gasteiger partial charge on any atom is -0.383 e. The van der Waals surface area contributed by atoms with Gasteiger partial charge in [-0.15, -0.1) is 0 Å². The standard InChI is InChI=1S/C17H21NO4/c1-3-17(15(19)8-9-22-17)16(20)18-13(11-21-2)10-12-6-4-5-7-14(12)18/h4-7,13H,3,8-11H2,1-2H3/t13-,17+/m0/s1. The Morgan fingerprint density at radius 1 is 1.45 bits per heavy atom. The smallest absolute Gasteiger partial charge is 0.267 e. The molecule has 0 bridgehead atoms. The molecule has 22 heavy (non-hydrogen) atoms. The molecule has 0 aromatic heterocycles. The summed E-state index contributed by atoms with van der Waals surface area (Å²) in [6, 6.07) is 7.72. The zero-order valence-electron chi connectivity index (χ0n) is 13.0. The van der Waals surface area contributed by atoms with Crippen molar-refractivity contribution in [3.8, 4) is 0 Å². The van der Waals surface area contributed by atoms with Gasteiger partial charge < -0.3 is 14.4 Å². The lowest BCUT2D eigenvalue weighted by Crippen LogP contribution is -2.55. The fourth-order valence-corrected chi connectivity index (χ4v) is 3.49. The molecule has 1 aromatic rings. The van der Waals surface area contributed by atoms with E-state index in [2.05, 4.69) is 0 Å². The van der Waals surface area contributed by atoms with Crippen LogP contribution >= 0.6 is 0 Å². The average Bonchev–Trinajstić information content (AvgIpc) is 3.08. The molecule has 0 radical (unpaired) electrons. The van der Waals surface area contributed by atoms with Gasteiger partial charge in [-0.2, -0.15) is 0 Å². The summed E-state index contributed by atoms with van der Waals surface area (Å²) in [5, 5.41) is 0. The fourth-order valence-electron chi connectivity index (χ4n) is 3.49. The quantitative estimate of drug-likeness (QED) is 0.795. The molecule has 1 fully saturated rings. The van der Waals surface area contributed by atoms with Gasteiger partial charge in [0.2, 0.25) is 5.60 Å². The van der Waals surface area contributed by atoms with Crippen LogP contribution < -0.4 is 4.90 Å². The van der Waals surface area contributed by atoms with Crippen LogP contribution in [0.1, 0.15) is 25.3 Å². The molecule has 1 amide bonds. The van der Waals surface area contributed by atoms with Crippen LogP contribution in [0, 0.1) is 0 Å². The van der Waals surface area contributed by atoms with E-state index in [-0.39, 0.29) is 17.7 Å². The van der Waals surface area contributed by atoms with Gasteiger partial charge in [-0.1, -0.05) is 25.1 Å². The monoisotopic (exact) mass is 303 g/mol. The van der Waals surface area contributed by atoms with Crippen LogP contribution in [-0.4, -0.2) is 43.7 Å². The summed E-state index contributed by atoms with van der Waals surface area (Å²) in [4.78, 5) is 27.2. The first-order valence-electron chi connectivity index (χ1n) is 7.71. The Morgan fingerprint density at radius 3 is 2.86 bits per heavy atom. The van der Waals surface area contributed by atoms with Crippen molar-refractivity contribution in [3.63, 3.8) is 0 Å². The van der Waals surface area contributed by atoms with E-state index >= 15 is 0 Å². The lowest BCUT2D eigenvalue weighted by Gasteiger charge is -2.33. The number of hydrogen-bond acceptors (Lipinski definition) is 4. The number of ether oxygens (including phenoxy) is 2. The lowest BCUT2D eigenvalue weighted by atomic mass is 9.93. The van der Waals surface area contributed by atoms with Crippen LogP contribution in [0.3, 0.4) is 0 Å². The highest BCUT2D eigenvalue weighted by molar-refractivity contribution is 6.17. The summed E-state index contributed by atoms with van der Waals surface area (Å²) in [6.07, 6.45) is 1.41. The maximum absolute atomic E-state index is 13.2. The highest BCUT2D eigenvalue weighted by Crippen LogP contribution is 2.37. The Kier molecular flexibility index (Phi) is 4.02. The molecule has 2 aliphatic heterocycles. The molecular weight excluding hydrogens is 282 g/mol. The van der Waals surface area contributed by atoms with Crippen molar-refractivity contribution >= 4 is 17.4 Å². The molecule has 2 aliphatic rings. The van der Waals surface area contributed by atoms with Gasteiger partial charge in [-0.3, -0.25) is 9.59 Å². The third-order valence-electron chi connectivity index (χ3n) is 4.62. The highest BCUT2D eigenvalue weighted by atomic mass is 16.5. The number of carbonyl (C=O) groups excluding carboxylic acids is 2. The number of rotatable bonds is 4. The third-order valence-corrected chi connectivity index (χ3v) is 4.62. The van der Waals surface area contributed by atoms with Crippen molar-refractivity contribution in [2.45, 2.75) is 37.8 Å². The minimum atomic E-state index is -1.32. The molecule has 1 aromatic carbocycles. The van der Waals surface area contributed by atoms with Crippen LogP contribution in [-0.2, 0) is 25.5 Å². The van der Waals surface area contributed by atoms with Gasteiger partial charge in [0.15, 0.2) is 5.78 Å². The zero-order valence-corrected chi connectivity index (χ0v) is 13.0. The molecule has 0 spiro atoms. The molecule has 5 nitrogen and oxygen atoms in total. The molecule has 3 rings (SSSR count). The van der Waals surface area contributed by atoms with Gasteiger partial charge in [0, 0.05) is 19.2 Å². The first-order chi connectivity index (χ1) is 10.6. The van der Waals surface area contributed by atoms with Gasteiger partial charge in [0.05, 0.1) is 19.3 Å². The minimum absolute atomic E-state index is 0.0877. The molecule has 0 unspecified atom stereocenters. The lowest BCUT2D eigenvalue weighted by molar-refractivity contribution is -0.148. The molecule has 0 N–H and O–H groups in total. The van der Waals surface area contributed by atoms with E-state index < -0.39 is 5.60 Å². The van der Waals surface area contributed by atoms with Crippen LogP contribution in [0.5, 0.6) is 0 Å². The normalized spacial score (nSPS) is 27.3. The van der Waals surface area contributed by atoms with E-state index in [0.717, 1.165) is 17.7 Å². The van der Waals surface area contributed by atoms with Gasteiger partial charge in [-0.05, 0) is 24.5 Å². The molecule has 2 atom stereocenters. The molecule has 118 valence electrons. The molecule has 2 heterocycles. The summed E-state index contributed by atoms with van der Waals surface area (Å²) >= 11 is 0. The van der Waals surface area contributed by atoms with Gasteiger partial charge in [-0.25, -0.2) is 0 Å². The second-order valence-corrected chi connectivity index (χ2v) is 5.82. The Labute approximate surface area is 130 Å². The highest BCUT2D eigenvalue weighted by Gasteiger charge is 2.53. The van der Waals surface area contributed by atoms with E-state index in [9.17, 15) is 9.59 Å². The topological polar surface area (TPSA) is 55.8 Å². The Hall–Kier alpha value is -1.72. The van der Waals surface area contributed by atoms with Crippen LogP contribution in [0.25, 0.3) is 0 Å². The second-order valence-electron chi connectivity index (χ2n) is 5.82. The van der Waals surface area contributed by atoms with E-state index in [1.807, 2.05) is 31.2 Å². The maximum Gasteiger partial charge on any atom is 0.267 e. The number of benzene rings is 1. The predicted octanol–water partition coefficient (Wildman–Crippen LogP) is 1.73. The van der Waals surface area contributed by atoms with Crippen molar-refractivity contribution in [2.24, 2.45) is 0 Å². The number of para-hydroxylation sites is 1. The number of carbonyl (C=O) groups is 2. The predicted molar refractivity (Wildman–Crippen MR) is 81.9 cm³/mol. The fraction of sp³-hybridized carbons (Fsp3) is 0.529. The van der Waals surface area contributed by atoms with Crippen LogP contribution in [0.4, 0.5) is 5.69 Å². The zero-order chi connectivity index (χ0) is 15.7. The molecule has 5 heteroatoms. The summed E-state index contributed by atoms with van der Waals surface area (Å²) in [5.74, 6) is -0.356. The number of methoxy groups -OCH3 is 1. The van der Waals surface area contributed by atoms with Crippen LogP contribution in [0.15, 0.2) is 24.3 Å². The van der Waals surface area contributed by atoms with Crippen molar-refractivity contribution in [3.05, 3.63) is 29.8 Å². The number of hydrogen-bond donors (Lipinski definition) is 0. The number of nitrogens with zero attached hydrogens (tertiary/aromatic N) is 1. The van der Waals surface area contributed by atoms with Crippen LogP contribution in [0.2, 0.25) is 0 Å². The molecule has 1 saturated heterocycles. The molecule has 0 aliphatic carbocycles. The van der Waals surface area contributed by atoms with E-state index in [1.54, 1.807) is 12.0 Å². The Morgan fingerprint density at radius 2 is 2.23 bits per heavy atom. The van der Waals surface area contributed by atoms with Crippen molar-refractivity contribution in [1.82, 2.24) is 0 Å². The maximum atomic E-state index is 13.2. The van der Waals surface area contributed by atoms with Gasteiger partial charge in [0.25, 0.3) is 5.91 Å². The number of anilines is 1. The van der Waals surface area contributed by atoms with Crippen molar-refractivity contribution in [1.29, 1.82) is 0 Å². The van der Waals surface area contributed by atoms with E-state index in [4.69, 9.17) is 9.47 Å². The van der Waals surface area contributed by atoms with Gasteiger partial charge in [0.1, 0.15) is 0 Å². The summed E-state index contributed by atoms with van der Waals surface area (Å²) in [6.45, 7) is 2.59. The second kappa shape index (κ2) is 5.82. The number of amides is 1. The SMILES string of the molecule is CC[C@@]1(C(=O)N2c3ccccc3C[C@H]2COC)OCCC1=O. The summed E-state index contributed by atoms with van der Waals surface area (Å²) in [7, 11) is 1.62. The first kappa shape index (κ1) is 15.2. The molecular formula is C17H21NO4. The number of fused-ring (bicyclic) bond motifs is 1. The third kappa shape index (κ3) is 2.16. The Balaban J connectivity index is 2.00. The van der Waals surface area contributed by atoms with E-state index in [0.29, 0.717) is 26.1 Å². The molecule has 0 saturated carbocycles. The van der Waals surface area contributed by atoms with Gasteiger partial charge >= 0.3 is 0 Å². The summed E-state index contributed by atoms with van der Waals surface area (Å²) in [5.41, 5.74) is 0.656. The van der Waals surface area contributed by atoms with Crippen molar-refractivity contribution in [2.75, 3.05) is 25.2 Å². The average molecular weight is 303 g/mol. The van der Waals surface area contributed by atoms with Crippen molar-refractivity contribution < 1.29 is 19.1 Å². The number of ketones is 1. The first-order valence-corrected chi connectivity index (χ1v) is 7.71. The number of Topliss-reactive ketones (excluding diaryl/α,β-unsaturated/α-hetero) is 1.